The Morgan fingerprint density at radius 3 is 2.04 bits per heavy atom. The SMILES string of the molecule is CN(C)CCN(CCC(=O)Nc1ccc(C(C)(C)C)cc1)S(C)(=O)=O. The summed E-state index contributed by atoms with van der Waals surface area (Å²) >= 11 is 0. The van der Waals surface area contributed by atoms with Gasteiger partial charge >= 0.3 is 0 Å². The van der Waals surface area contributed by atoms with Gasteiger partial charge in [-0.05, 0) is 37.2 Å². The number of nitrogens with one attached hydrogen (secondary N) is 1. The van der Waals surface area contributed by atoms with Crippen LogP contribution in [-0.2, 0) is 20.2 Å². The Bertz CT molecular complexity index is 662. The van der Waals surface area contributed by atoms with Crippen LogP contribution < -0.4 is 5.32 Å². The van der Waals surface area contributed by atoms with Gasteiger partial charge < -0.3 is 10.2 Å². The van der Waals surface area contributed by atoms with Crippen molar-refractivity contribution in [1.82, 2.24) is 9.21 Å². The van der Waals surface area contributed by atoms with Gasteiger partial charge in [0.25, 0.3) is 0 Å². The van der Waals surface area contributed by atoms with Crippen LogP contribution in [-0.4, -0.2) is 63.5 Å². The fraction of sp³-hybridized carbons (Fsp3) is 0.611. The molecule has 1 aromatic carbocycles. The lowest BCUT2D eigenvalue weighted by molar-refractivity contribution is -0.116. The fourth-order valence-electron chi connectivity index (χ4n) is 2.26. The minimum Gasteiger partial charge on any atom is -0.326 e. The molecule has 0 aromatic heterocycles. The topological polar surface area (TPSA) is 69.7 Å². The Balaban J connectivity index is 2.60. The fourth-order valence-corrected chi connectivity index (χ4v) is 3.09. The van der Waals surface area contributed by atoms with Crippen molar-refractivity contribution in [3.05, 3.63) is 29.8 Å². The Morgan fingerprint density at radius 2 is 1.60 bits per heavy atom. The van der Waals surface area contributed by atoms with Crippen molar-refractivity contribution >= 4 is 21.6 Å². The van der Waals surface area contributed by atoms with Crippen molar-refractivity contribution in [2.75, 3.05) is 45.3 Å². The maximum absolute atomic E-state index is 12.1. The zero-order valence-electron chi connectivity index (χ0n) is 16.2. The summed E-state index contributed by atoms with van der Waals surface area (Å²) < 4.78 is 25.0. The molecular weight excluding hydrogens is 338 g/mol. The normalized spacial score (nSPS) is 12.6. The van der Waals surface area contributed by atoms with Gasteiger partial charge in [0.05, 0.1) is 6.26 Å². The average molecular weight is 370 g/mol. The zero-order chi connectivity index (χ0) is 19.3. The second-order valence-corrected chi connectivity index (χ2v) is 9.57. The van der Waals surface area contributed by atoms with Gasteiger partial charge in [-0.25, -0.2) is 12.7 Å². The summed E-state index contributed by atoms with van der Waals surface area (Å²) in [5, 5.41) is 2.82. The summed E-state index contributed by atoms with van der Waals surface area (Å²) in [6.45, 7) is 7.57. The summed E-state index contributed by atoms with van der Waals surface area (Å²) in [6.07, 6.45) is 1.30. The lowest BCUT2D eigenvalue weighted by Gasteiger charge is -2.21. The van der Waals surface area contributed by atoms with E-state index in [9.17, 15) is 13.2 Å². The van der Waals surface area contributed by atoms with E-state index in [4.69, 9.17) is 0 Å². The Hall–Kier alpha value is -1.44. The van der Waals surface area contributed by atoms with E-state index in [2.05, 4.69) is 26.1 Å². The highest BCUT2D eigenvalue weighted by Gasteiger charge is 2.18. The van der Waals surface area contributed by atoms with Gasteiger partial charge in [-0.1, -0.05) is 32.9 Å². The summed E-state index contributed by atoms with van der Waals surface area (Å²) in [6, 6.07) is 7.74. The molecule has 0 aliphatic rings. The number of amides is 1. The summed E-state index contributed by atoms with van der Waals surface area (Å²) in [5.41, 5.74) is 1.97. The van der Waals surface area contributed by atoms with Crippen molar-refractivity contribution in [3.63, 3.8) is 0 Å². The molecule has 0 radical (unpaired) electrons. The van der Waals surface area contributed by atoms with Crippen molar-refractivity contribution < 1.29 is 13.2 Å². The number of hydrogen-bond donors (Lipinski definition) is 1. The second kappa shape index (κ2) is 8.78. The Kier molecular flexibility index (Phi) is 7.59. The zero-order valence-corrected chi connectivity index (χ0v) is 17.0. The number of likely N-dealkylation sites (N-methyl/N-ethyl adjacent to an activating group) is 1. The number of rotatable bonds is 8. The first-order chi connectivity index (χ1) is 11.4. The van der Waals surface area contributed by atoms with Crippen LogP contribution in [0.4, 0.5) is 5.69 Å². The molecule has 6 nitrogen and oxygen atoms in total. The number of carbonyl (C=O) groups is 1. The van der Waals surface area contributed by atoms with Crippen molar-refractivity contribution in [3.8, 4) is 0 Å². The van der Waals surface area contributed by atoms with Gasteiger partial charge in [-0.2, -0.15) is 0 Å². The lowest BCUT2D eigenvalue weighted by atomic mass is 9.87. The predicted octanol–water partition coefficient (Wildman–Crippen LogP) is 2.14. The van der Waals surface area contributed by atoms with Gasteiger partial charge in [0.15, 0.2) is 0 Å². The maximum atomic E-state index is 12.1. The van der Waals surface area contributed by atoms with E-state index in [1.165, 1.54) is 16.1 Å². The van der Waals surface area contributed by atoms with Crippen LogP contribution in [0.3, 0.4) is 0 Å². The molecule has 0 saturated heterocycles. The minimum absolute atomic E-state index is 0.0605. The molecule has 0 bridgehead atoms. The molecule has 142 valence electrons. The monoisotopic (exact) mass is 369 g/mol. The maximum Gasteiger partial charge on any atom is 0.225 e. The van der Waals surface area contributed by atoms with Crippen molar-refractivity contribution in [1.29, 1.82) is 0 Å². The van der Waals surface area contributed by atoms with Crippen LogP contribution in [0.15, 0.2) is 24.3 Å². The molecule has 1 amide bonds. The van der Waals surface area contributed by atoms with E-state index in [0.29, 0.717) is 13.1 Å². The largest absolute Gasteiger partial charge is 0.326 e. The van der Waals surface area contributed by atoms with Crippen LogP contribution in [0.5, 0.6) is 0 Å². The standard InChI is InChI=1S/C18H31N3O3S/c1-18(2,3)15-7-9-16(10-8-15)19-17(22)11-12-21(25(6,23)24)14-13-20(4)5/h7-10H,11-14H2,1-6H3,(H,19,22). The van der Waals surface area contributed by atoms with E-state index in [1.807, 2.05) is 43.3 Å². The Labute approximate surface area is 152 Å². The molecule has 7 heteroatoms. The molecule has 0 atom stereocenters. The molecule has 0 unspecified atom stereocenters. The first-order valence-electron chi connectivity index (χ1n) is 8.40. The van der Waals surface area contributed by atoms with E-state index in [0.717, 1.165) is 5.69 Å². The van der Waals surface area contributed by atoms with Gasteiger partial charge in [0.1, 0.15) is 0 Å². The summed E-state index contributed by atoms with van der Waals surface area (Å²) in [4.78, 5) is 14.0. The molecule has 25 heavy (non-hydrogen) atoms. The first kappa shape index (κ1) is 21.6. The number of anilines is 1. The van der Waals surface area contributed by atoms with Crippen LogP contribution in [0, 0.1) is 0 Å². The van der Waals surface area contributed by atoms with Gasteiger partial charge in [0, 0.05) is 31.7 Å². The van der Waals surface area contributed by atoms with Gasteiger partial charge in [-0.15, -0.1) is 0 Å². The molecule has 0 aliphatic heterocycles. The summed E-state index contributed by atoms with van der Waals surface area (Å²) in [5.74, 6) is -0.193. The van der Waals surface area contributed by atoms with E-state index in [1.54, 1.807) is 0 Å². The number of benzene rings is 1. The van der Waals surface area contributed by atoms with Gasteiger partial charge in [0.2, 0.25) is 15.9 Å². The van der Waals surface area contributed by atoms with Gasteiger partial charge in [-0.3, -0.25) is 4.79 Å². The third kappa shape index (κ3) is 7.98. The number of nitrogens with zero attached hydrogens (tertiary/aromatic N) is 2. The lowest BCUT2D eigenvalue weighted by Crippen LogP contribution is -2.37. The first-order valence-corrected chi connectivity index (χ1v) is 10.2. The second-order valence-electron chi connectivity index (χ2n) is 7.59. The quantitative estimate of drug-likeness (QED) is 0.762. The highest BCUT2D eigenvalue weighted by Crippen LogP contribution is 2.23. The smallest absolute Gasteiger partial charge is 0.225 e. The third-order valence-corrected chi connectivity index (χ3v) is 5.19. The molecular formula is C18H31N3O3S. The molecule has 0 aliphatic carbocycles. The Morgan fingerprint density at radius 1 is 1.04 bits per heavy atom. The van der Waals surface area contributed by atoms with E-state index in [-0.39, 0.29) is 24.3 Å². The minimum atomic E-state index is -3.32. The van der Waals surface area contributed by atoms with E-state index >= 15 is 0 Å². The van der Waals surface area contributed by atoms with Crippen molar-refractivity contribution in [2.45, 2.75) is 32.6 Å². The highest BCUT2D eigenvalue weighted by atomic mass is 32.2. The number of sulfonamides is 1. The van der Waals surface area contributed by atoms with Crippen LogP contribution in [0.2, 0.25) is 0 Å². The van der Waals surface area contributed by atoms with Crippen LogP contribution in [0.25, 0.3) is 0 Å². The molecule has 0 spiro atoms. The molecule has 0 saturated carbocycles. The third-order valence-electron chi connectivity index (χ3n) is 3.89. The summed E-state index contributed by atoms with van der Waals surface area (Å²) in [7, 11) is 0.442. The highest BCUT2D eigenvalue weighted by molar-refractivity contribution is 7.88. The van der Waals surface area contributed by atoms with Crippen molar-refractivity contribution in [2.24, 2.45) is 0 Å². The molecule has 0 fully saturated rings. The van der Waals surface area contributed by atoms with Crippen LogP contribution in [0.1, 0.15) is 32.8 Å². The van der Waals surface area contributed by atoms with Crippen LogP contribution >= 0.6 is 0 Å². The predicted molar refractivity (Wildman–Crippen MR) is 103 cm³/mol. The number of hydrogen-bond acceptors (Lipinski definition) is 4. The molecule has 0 heterocycles. The number of carbonyl (C=O) groups excluding carboxylic acids is 1. The molecule has 1 aromatic rings. The average Bonchev–Trinajstić information content (AvgIpc) is 2.45. The van der Waals surface area contributed by atoms with E-state index < -0.39 is 10.0 Å². The molecule has 1 N–H and O–H groups in total. The molecule has 1 rings (SSSR count).